The van der Waals surface area contributed by atoms with Crippen molar-refractivity contribution in [2.24, 2.45) is 0 Å². The van der Waals surface area contributed by atoms with Crippen molar-refractivity contribution in [1.82, 2.24) is 0 Å². The maximum Gasteiger partial charge on any atom is 0.119 e. The first kappa shape index (κ1) is 10.7. The number of thioether (sulfide) groups is 1. The molecule has 0 unspecified atom stereocenters. The summed E-state index contributed by atoms with van der Waals surface area (Å²) in [5.74, 6) is 1.98. The Bertz CT molecular complexity index is 575. The van der Waals surface area contributed by atoms with Crippen LogP contribution in [0.15, 0.2) is 41.3 Å². The molecular weight excluding hydrogens is 228 g/mol. The van der Waals surface area contributed by atoms with Crippen LogP contribution in [0.2, 0.25) is 0 Å². The van der Waals surface area contributed by atoms with Crippen molar-refractivity contribution in [2.75, 3.05) is 7.11 Å². The van der Waals surface area contributed by atoms with Gasteiger partial charge in [-0.2, -0.15) is 0 Å². The van der Waals surface area contributed by atoms with Crippen molar-refractivity contribution in [3.63, 3.8) is 0 Å². The van der Waals surface area contributed by atoms with Crippen molar-refractivity contribution in [2.45, 2.75) is 17.6 Å². The zero-order valence-corrected chi connectivity index (χ0v) is 10.8. The molecular formula is C15H14OS. The van der Waals surface area contributed by atoms with Crippen LogP contribution in [0.3, 0.4) is 0 Å². The summed E-state index contributed by atoms with van der Waals surface area (Å²) in [7, 11) is 1.72. The van der Waals surface area contributed by atoms with Gasteiger partial charge in [0, 0.05) is 10.6 Å². The monoisotopic (exact) mass is 242 g/mol. The Morgan fingerprint density at radius 2 is 1.88 bits per heavy atom. The largest absolute Gasteiger partial charge is 0.497 e. The van der Waals surface area contributed by atoms with E-state index in [1.807, 2.05) is 17.8 Å². The molecule has 2 heteroatoms. The van der Waals surface area contributed by atoms with Gasteiger partial charge in [0.1, 0.15) is 5.75 Å². The van der Waals surface area contributed by atoms with Gasteiger partial charge in [-0.1, -0.05) is 18.2 Å². The van der Waals surface area contributed by atoms with E-state index in [4.69, 9.17) is 4.74 Å². The fourth-order valence-electron chi connectivity index (χ4n) is 2.21. The lowest BCUT2D eigenvalue weighted by atomic mass is 9.99. The van der Waals surface area contributed by atoms with Crippen LogP contribution in [-0.4, -0.2) is 7.11 Å². The molecule has 17 heavy (non-hydrogen) atoms. The lowest BCUT2D eigenvalue weighted by Gasteiger charge is -2.20. The molecule has 0 atom stereocenters. The second-order valence-electron chi connectivity index (χ2n) is 4.31. The topological polar surface area (TPSA) is 9.23 Å². The number of hydrogen-bond donors (Lipinski definition) is 0. The molecule has 0 bridgehead atoms. The maximum atomic E-state index is 5.28. The number of rotatable bonds is 1. The van der Waals surface area contributed by atoms with Gasteiger partial charge in [0.05, 0.1) is 7.11 Å². The van der Waals surface area contributed by atoms with Gasteiger partial charge in [-0.05, 0) is 47.4 Å². The number of hydrogen-bond acceptors (Lipinski definition) is 2. The summed E-state index contributed by atoms with van der Waals surface area (Å²) in [6.07, 6.45) is 0. The van der Waals surface area contributed by atoms with Gasteiger partial charge in [0.15, 0.2) is 0 Å². The number of methoxy groups -OCH3 is 1. The third-order valence-electron chi connectivity index (χ3n) is 3.12. The smallest absolute Gasteiger partial charge is 0.119 e. The SMILES string of the molecule is COc1ccc2c(c1)CSc1cc(C)ccc1-2. The fourth-order valence-corrected chi connectivity index (χ4v) is 3.36. The van der Waals surface area contributed by atoms with Gasteiger partial charge in [-0.3, -0.25) is 0 Å². The van der Waals surface area contributed by atoms with E-state index in [0.29, 0.717) is 0 Å². The minimum Gasteiger partial charge on any atom is -0.497 e. The number of aryl methyl sites for hydroxylation is 1. The Hall–Kier alpha value is -1.41. The second kappa shape index (κ2) is 4.11. The predicted molar refractivity (Wildman–Crippen MR) is 72.7 cm³/mol. The molecule has 0 saturated carbocycles. The quantitative estimate of drug-likeness (QED) is 0.738. The fraction of sp³-hybridized carbons (Fsp3) is 0.200. The lowest BCUT2D eigenvalue weighted by Crippen LogP contribution is -1.97. The van der Waals surface area contributed by atoms with Crippen LogP contribution in [0.1, 0.15) is 11.1 Å². The van der Waals surface area contributed by atoms with Crippen molar-refractivity contribution < 1.29 is 4.74 Å². The average Bonchev–Trinajstić information content (AvgIpc) is 2.37. The van der Waals surface area contributed by atoms with Crippen molar-refractivity contribution in [3.8, 4) is 16.9 Å². The van der Waals surface area contributed by atoms with Crippen LogP contribution < -0.4 is 4.74 Å². The van der Waals surface area contributed by atoms with Crippen molar-refractivity contribution in [1.29, 1.82) is 0 Å². The highest BCUT2D eigenvalue weighted by Gasteiger charge is 2.16. The van der Waals surface area contributed by atoms with Crippen LogP contribution in [0.4, 0.5) is 0 Å². The Morgan fingerprint density at radius 3 is 2.71 bits per heavy atom. The first-order valence-electron chi connectivity index (χ1n) is 5.68. The van der Waals surface area contributed by atoms with Crippen molar-refractivity contribution >= 4 is 11.8 Å². The molecule has 1 nitrogen and oxygen atoms in total. The van der Waals surface area contributed by atoms with Crippen LogP contribution >= 0.6 is 11.8 Å². The van der Waals surface area contributed by atoms with E-state index in [-0.39, 0.29) is 0 Å². The summed E-state index contributed by atoms with van der Waals surface area (Å²) in [4.78, 5) is 1.39. The van der Waals surface area contributed by atoms with E-state index in [0.717, 1.165) is 11.5 Å². The van der Waals surface area contributed by atoms with Crippen molar-refractivity contribution in [3.05, 3.63) is 47.5 Å². The van der Waals surface area contributed by atoms with Gasteiger partial charge < -0.3 is 4.74 Å². The third-order valence-corrected chi connectivity index (χ3v) is 4.23. The van der Waals surface area contributed by atoms with Gasteiger partial charge in [0.2, 0.25) is 0 Å². The Balaban J connectivity index is 2.16. The lowest BCUT2D eigenvalue weighted by molar-refractivity contribution is 0.414. The van der Waals surface area contributed by atoms with Crippen LogP contribution in [0, 0.1) is 6.92 Å². The minimum atomic E-state index is 0.944. The number of fused-ring (bicyclic) bond motifs is 3. The molecule has 2 aromatic rings. The summed E-state index contributed by atoms with van der Waals surface area (Å²) < 4.78 is 5.28. The molecule has 0 spiro atoms. The van der Waals surface area contributed by atoms with E-state index in [1.54, 1.807) is 7.11 Å². The molecule has 0 fully saturated rings. The molecule has 0 saturated heterocycles. The standard InChI is InChI=1S/C15H14OS/c1-10-3-5-14-13-6-4-12(16-2)8-11(13)9-17-15(14)7-10/h3-8H,9H2,1-2H3. The molecule has 0 N–H and O–H groups in total. The van der Waals surface area contributed by atoms with Crippen LogP contribution in [0.5, 0.6) is 5.75 Å². The highest BCUT2D eigenvalue weighted by molar-refractivity contribution is 7.98. The Kier molecular flexibility index (Phi) is 2.60. The van der Waals surface area contributed by atoms with E-state index in [9.17, 15) is 0 Å². The molecule has 1 heterocycles. The minimum absolute atomic E-state index is 0.944. The first-order chi connectivity index (χ1) is 8.28. The molecule has 86 valence electrons. The molecule has 2 aromatic carbocycles. The summed E-state index contributed by atoms with van der Waals surface area (Å²) in [5, 5.41) is 0. The highest BCUT2D eigenvalue weighted by atomic mass is 32.2. The highest BCUT2D eigenvalue weighted by Crippen LogP contribution is 2.42. The molecule has 3 rings (SSSR count). The Morgan fingerprint density at radius 1 is 1.06 bits per heavy atom. The van der Waals surface area contributed by atoms with Crippen LogP contribution in [0.25, 0.3) is 11.1 Å². The Labute approximate surface area is 106 Å². The van der Waals surface area contributed by atoms with E-state index >= 15 is 0 Å². The second-order valence-corrected chi connectivity index (χ2v) is 5.33. The summed E-state index contributed by atoms with van der Waals surface area (Å²) >= 11 is 1.91. The van der Waals surface area contributed by atoms with Gasteiger partial charge >= 0.3 is 0 Å². The zero-order valence-electron chi connectivity index (χ0n) is 9.99. The maximum absolute atomic E-state index is 5.28. The average molecular weight is 242 g/mol. The zero-order chi connectivity index (χ0) is 11.8. The van der Waals surface area contributed by atoms with Crippen LogP contribution in [-0.2, 0) is 5.75 Å². The third kappa shape index (κ3) is 1.83. The molecule has 1 aliphatic rings. The van der Waals surface area contributed by atoms with E-state index in [2.05, 4.69) is 37.3 Å². The summed E-state index contributed by atoms with van der Waals surface area (Å²) in [6.45, 7) is 2.14. The molecule has 0 aliphatic carbocycles. The number of benzene rings is 2. The first-order valence-corrected chi connectivity index (χ1v) is 6.67. The molecule has 0 aromatic heterocycles. The summed E-state index contributed by atoms with van der Waals surface area (Å²) in [5.41, 5.74) is 5.39. The van der Waals surface area contributed by atoms with Gasteiger partial charge in [-0.25, -0.2) is 0 Å². The molecule has 0 amide bonds. The molecule has 0 radical (unpaired) electrons. The van der Waals surface area contributed by atoms with Gasteiger partial charge in [0.25, 0.3) is 0 Å². The van der Waals surface area contributed by atoms with Gasteiger partial charge in [-0.15, -0.1) is 11.8 Å². The van der Waals surface area contributed by atoms with E-state index in [1.165, 1.54) is 27.1 Å². The normalized spacial score (nSPS) is 12.8. The van der Waals surface area contributed by atoms with E-state index < -0.39 is 0 Å². The predicted octanol–water partition coefficient (Wildman–Crippen LogP) is 4.28. The number of ether oxygens (including phenoxy) is 1. The molecule has 1 aliphatic heterocycles. The summed E-state index contributed by atoms with van der Waals surface area (Å²) in [6, 6.07) is 13.0.